The van der Waals surface area contributed by atoms with E-state index in [1.807, 2.05) is 13.8 Å². The molecule has 136 valence electrons. The summed E-state index contributed by atoms with van der Waals surface area (Å²) in [6.07, 6.45) is 0.526. The van der Waals surface area contributed by atoms with E-state index < -0.39 is 16.3 Å². The Hall–Kier alpha value is -0.700. The highest BCUT2D eigenvalue weighted by Crippen LogP contribution is 2.21. The molecule has 1 heterocycles. The average Bonchev–Trinajstić information content (AvgIpc) is 2.89. The zero-order chi connectivity index (χ0) is 17.7. The summed E-state index contributed by atoms with van der Waals surface area (Å²) in [5.74, 6) is 0.315. The van der Waals surface area contributed by atoms with Gasteiger partial charge in [-0.2, -0.15) is 0 Å². The van der Waals surface area contributed by atoms with Crippen LogP contribution in [0.2, 0.25) is 5.02 Å². The second-order valence-electron chi connectivity index (χ2n) is 6.44. The Bertz CT molecular complexity index is 639. The second kappa shape index (κ2) is 8.60. The third kappa shape index (κ3) is 5.40. The fourth-order valence-corrected chi connectivity index (χ4v) is 4.53. The molecule has 1 aliphatic rings. The first-order valence-corrected chi connectivity index (χ1v) is 9.95. The van der Waals surface area contributed by atoms with Crippen molar-refractivity contribution in [2.45, 2.75) is 50.0 Å². The van der Waals surface area contributed by atoms with E-state index in [1.54, 1.807) is 18.2 Å². The van der Waals surface area contributed by atoms with Crippen molar-refractivity contribution in [2.24, 2.45) is 5.92 Å². The van der Waals surface area contributed by atoms with E-state index in [0.717, 1.165) is 0 Å². The molecule has 1 aromatic carbocycles. The van der Waals surface area contributed by atoms with Crippen LogP contribution in [0.1, 0.15) is 26.7 Å². The summed E-state index contributed by atoms with van der Waals surface area (Å²) < 4.78 is 33.0. The topological polar surface area (TPSA) is 87.7 Å². The molecule has 0 aliphatic carbocycles. The van der Waals surface area contributed by atoms with Gasteiger partial charge in [-0.05, 0) is 30.9 Å². The van der Waals surface area contributed by atoms with Gasteiger partial charge in [0.05, 0.1) is 17.7 Å². The van der Waals surface area contributed by atoms with E-state index in [9.17, 15) is 13.5 Å². The summed E-state index contributed by atoms with van der Waals surface area (Å²) in [7, 11) is -3.71. The maximum Gasteiger partial charge on any atom is 0.242 e. The van der Waals surface area contributed by atoms with Gasteiger partial charge in [0.25, 0.3) is 0 Å². The highest BCUT2D eigenvalue weighted by Gasteiger charge is 2.28. The van der Waals surface area contributed by atoms with Crippen molar-refractivity contribution < 1.29 is 18.3 Å². The molecule has 8 heteroatoms. The molecule has 3 atom stereocenters. The van der Waals surface area contributed by atoms with Crippen LogP contribution in [0.3, 0.4) is 0 Å². The average molecular weight is 377 g/mol. The summed E-state index contributed by atoms with van der Waals surface area (Å²) in [6, 6.07) is 5.89. The Morgan fingerprint density at radius 3 is 2.67 bits per heavy atom. The summed E-state index contributed by atoms with van der Waals surface area (Å²) >= 11 is 6.01. The quantitative estimate of drug-likeness (QED) is 0.643. The number of nitrogens with one attached hydrogen (secondary N) is 2. The molecule has 1 aliphatic heterocycles. The predicted molar refractivity (Wildman–Crippen MR) is 93.4 cm³/mol. The van der Waals surface area contributed by atoms with Gasteiger partial charge in [-0.3, -0.25) is 0 Å². The molecule has 1 saturated heterocycles. The first-order valence-electron chi connectivity index (χ1n) is 8.09. The van der Waals surface area contributed by atoms with Gasteiger partial charge in [0.15, 0.2) is 6.29 Å². The largest absolute Gasteiger partial charge is 0.367 e. The van der Waals surface area contributed by atoms with Gasteiger partial charge in [0.1, 0.15) is 4.90 Å². The molecule has 1 fully saturated rings. The monoisotopic (exact) mass is 376 g/mol. The minimum absolute atomic E-state index is 0.0738. The number of aliphatic hydroxyl groups excluding tert-OH is 1. The zero-order valence-electron chi connectivity index (χ0n) is 13.9. The predicted octanol–water partition coefficient (Wildman–Crippen LogP) is 1.73. The van der Waals surface area contributed by atoms with Crippen molar-refractivity contribution in [3.63, 3.8) is 0 Å². The summed E-state index contributed by atoms with van der Waals surface area (Å²) in [5, 5.41) is 13.1. The van der Waals surface area contributed by atoms with E-state index in [2.05, 4.69) is 10.0 Å². The van der Waals surface area contributed by atoms with Crippen LogP contribution in [-0.2, 0) is 14.8 Å². The number of ether oxygens (including phenoxy) is 1. The Morgan fingerprint density at radius 1 is 1.38 bits per heavy atom. The lowest BCUT2D eigenvalue weighted by atomic mass is 10.0. The third-order valence-electron chi connectivity index (χ3n) is 3.89. The van der Waals surface area contributed by atoms with E-state index in [-0.39, 0.29) is 22.0 Å². The van der Waals surface area contributed by atoms with Gasteiger partial charge < -0.3 is 15.2 Å². The Morgan fingerprint density at radius 2 is 2.08 bits per heavy atom. The number of halogens is 1. The van der Waals surface area contributed by atoms with Crippen LogP contribution in [0.15, 0.2) is 29.2 Å². The third-order valence-corrected chi connectivity index (χ3v) is 5.91. The van der Waals surface area contributed by atoms with Gasteiger partial charge in [-0.1, -0.05) is 37.6 Å². The Labute approximate surface area is 148 Å². The van der Waals surface area contributed by atoms with Crippen molar-refractivity contribution in [3.8, 4) is 0 Å². The van der Waals surface area contributed by atoms with E-state index in [1.165, 1.54) is 6.07 Å². The fraction of sp³-hybridized carbons (Fsp3) is 0.625. The lowest BCUT2D eigenvalue weighted by molar-refractivity contribution is -0.0718. The molecule has 1 unspecified atom stereocenters. The molecule has 6 nitrogen and oxygen atoms in total. The highest BCUT2D eigenvalue weighted by molar-refractivity contribution is 7.89. The summed E-state index contributed by atoms with van der Waals surface area (Å²) in [4.78, 5) is 0.0738. The minimum Gasteiger partial charge on any atom is -0.367 e. The summed E-state index contributed by atoms with van der Waals surface area (Å²) in [6.45, 7) is 4.97. The molecule has 1 aromatic rings. The molecule has 0 amide bonds. The SMILES string of the molecule is CC(C)C[C@H](CN[C@H]1CCOC1O)NS(=O)(=O)c1ccccc1Cl. The van der Waals surface area contributed by atoms with E-state index in [4.69, 9.17) is 16.3 Å². The molecule has 2 rings (SSSR count). The van der Waals surface area contributed by atoms with Crippen LogP contribution in [0.5, 0.6) is 0 Å². The number of sulfonamides is 1. The molecule has 3 N–H and O–H groups in total. The number of hydrogen-bond acceptors (Lipinski definition) is 5. The number of hydrogen-bond donors (Lipinski definition) is 3. The zero-order valence-corrected chi connectivity index (χ0v) is 15.5. The van der Waals surface area contributed by atoms with Gasteiger partial charge in [0.2, 0.25) is 10.0 Å². The van der Waals surface area contributed by atoms with Gasteiger partial charge in [0, 0.05) is 12.6 Å². The number of rotatable bonds is 8. The van der Waals surface area contributed by atoms with Crippen molar-refractivity contribution in [1.82, 2.24) is 10.0 Å². The van der Waals surface area contributed by atoms with Crippen LogP contribution >= 0.6 is 11.6 Å². The fourth-order valence-electron chi connectivity index (χ4n) is 2.76. The molecule has 24 heavy (non-hydrogen) atoms. The Balaban J connectivity index is 2.06. The van der Waals surface area contributed by atoms with Gasteiger partial charge in [-0.15, -0.1) is 0 Å². The maximum atomic E-state index is 12.6. The molecule has 0 aromatic heterocycles. The lowest BCUT2D eigenvalue weighted by Gasteiger charge is -2.24. The second-order valence-corrected chi connectivity index (χ2v) is 8.53. The normalized spacial score (nSPS) is 22.9. The standard InChI is InChI=1S/C16H25ClN2O4S/c1-11(2)9-12(10-18-14-7-8-23-16(14)20)19-24(21,22)15-6-4-3-5-13(15)17/h3-6,11-12,14,16,18-20H,7-10H2,1-2H3/t12-,14+,16?/m1/s1. The van der Waals surface area contributed by atoms with Crippen LogP contribution < -0.4 is 10.0 Å². The van der Waals surface area contributed by atoms with Crippen LogP contribution in [0.4, 0.5) is 0 Å². The first-order chi connectivity index (χ1) is 11.3. The van der Waals surface area contributed by atoms with Crippen LogP contribution in [0, 0.1) is 5.92 Å². The van der Waals surface area contributed by atoms with Gasteiger partial charge in [-0.25, -0.2) is 13.1 Å². The van der Waals surface area contributed by atoms with Crippen LogP contribution in [0.25, 0.3) is 0 Å². The molecule has 0 spiro atoms. The summed E-state index contributed by atoms with van der Waals surface area (Å²) in [5.41, 5.74) is 0. The minimum atomic E-state index is -3.71. The van der Waals surface area contributed by atoms with Crippen molar-refractivity contribution in [3.05, 3.63) is 29.3 Å². The highest BCUT2D eigenvalue weighted by atomic mass is 35.5. The van der Waals surface area contributed by atoms with E-state index >= 15 is 0 Å². The molecular weight excluding hydrogens is 352 g/mol. The molecule has 0 bridgehead atoms. The van der Waals surface area contributed by atoms with E-state index in [0.29, 0.717) is 31.9 Å². The molecule has 0 radical (unpaired) electrons. The lowest BCUT2D eigenvalue weighted by Crippen LogP contribution is -2.47. The van der Waals surface area contributed by atoms with Crippen molar-refractivity contribution >= 4 is 21.6 Å². The van der Waals surface area contributed by atoms with Gasteiger partial charge >= 0.3 is 0 Å². The molecule has 0 saturated carbocycles. The maximum absolute atomic E-state index is 12.6. The number of aliphatic hydroxyl groups is 1. The number of benzene rings is 1. The molecular formula is C16H25ClN2O4S. The Kier molecular flexibility index (Phi) is 7.03. The van der Waals surface area contributed by atoms with Crippen molar-refractivity contribution in [1.29, 1.82) is 0 Å². The smallest absolute Gasteiger partial charge is 0.242 e. The van der Waals surface area contributed by atoms with Crippen molar-refractivity contribution in [2.75, 3.05) is 13.2 Å². The first kappa shape index (κ1) is 19.6. The van der Waals surface area contributed by atoms with Crippen LogP contribution in [-0.4, -0.2) is 45.0 Å².